The average molecular weight is 481 g/mol. The minimum atomic E-state index is -0.119. The lowest BCUT2D eigenvalue weighted by Crippen LogP contribution is -2.60. The monoisotopic (exact) mass is 480 g/mol. The molecule has 0 radical (unpaired) electrons. The van der Waals surface area contributed by atoms with E-state index in [9.17, 15) is 9.59 Å². The number of hydrogen-bond donors (Lipinski definition) is 0. The van der Waals surface area contributed by atoms with Crippen LogP contribution >= 0.6 is 23.5 Å². The Morgan fingerprint density at radius 2 is 1.47 bits per heavy atom. The lowest BCUT2D eigenvalue weighted by atomic mass is 9.45. The smallest absolute Gasteiger partial charge is 0.302 e. The number of carbonyl (C=O) groups is 2. The zero-order valence-electron chi connectivity index (χ0n) is 20.2. The molecule has 1 heterocycles. The topological polar surface area (TPSA) is 52.6 Å². The van der Waals surface area contributed by atoms with E-state index in [-0.39, 0.29) is 33.6 Å². The van der Waals surface area contributed by atoms with Crippen LogP contribution in [0.4, 0.5) is 0 Å². The van der Waals surface area contributed by atoms with E-state index >= 15 is 0 Å². The minimum absolute atomic E-state index is 0.0355. The van der Waals surface area contributed by atoms with Crippen LogP contribution in [0.3, 0.4) is 0 Å². The summed E-state index contributed by atoms with van der Waals surface area (Å²) in [6.07, 6.45) is 10.9. The number of rotatable bonds is 2. The maximum Gasteiger partial charge on any atom is 0.302 e. The molecule has 4 aliphatic carbocycles. The van der Waals surface area contributed by atoms with Crippen molar-refractivity contribution < 1.29 is 19.1 Å². The number of ether oxygens (including phenoxy) is 2. The van der Waals surface area contributed by atoms with Crippen LogP contribution in [0, 0.1) is 34.5 Å². The van der Waals surface area contributed by atoms with E-state index in [1.807, 2.05) is 0 Å². The average Bonchev–Trinajstić information content (AvgIpc) is 3.05. The van der Waals surface area contributed by atoms with Crippen LogP contribution in [-0.2, 0) is 19.1 Å². The van der Waals surface area contributed by atoms with Crippen molar-refractivity contribution in [3.8, 4) is 0 Å². The van der Waals surface area contributed by atoms with Gasteiger partial charge in [0.15, 0.2) is 0 Å². The molecular weight excluding hydrogens is 440 g/mol. The molecule has 0 amide bonds. The summed E-state index contributed by atoms with van der Waals surface area (Å²) in [6.45, 7) is 8.15. The molecule has 4 nitrogen and oxygen atoms in total. The molecule has 1 saturated heterocycles. The van der Waals surface area contributed by atoms with Crippen LogP contribution in [0.25, 0.3) is 0 Å². The van der Waals surface area contributed by atoms with Gasteiger partial charge in [-0.3, -0.25) is 9.59 Å². The molecule has 5 aliphatic rings. The van der Waals surface area contributed by atoms with Crippen molar-refractivity contribution in [1.82, 2.24) is 0 Å². The Morgan fingerprint density at radius 1 is 0.812 bits per heavy atom. The Labute approximate surface area is 202 Å². The fourth-order valence-electron chi connectivity index (χ4n) is 8.84. The third-order valence-electron chi connectivity index (χ3n) is 10.2. The van der Waals surface area contributed by atoms with Gasteiger partial charge < -0.3 is 9.47 Å². The molecule has 4 saturated carbocycles. The summed E-state index contributed by atoms with van der Waals surface area (Å²) < 4.78 is 11.9. The number of fused-ring (bicyclic) bond motifs is 5. The zero-order chi connectivity index (χ0) is 22.7. The summed E-state index contributed by atoms with van der Waals surface area (Å²) in [7, 11) is 0. The molecule has 0 aromatic rings. The minimum Gasteiger partial charge on any atom is -0.462 e. The highest BCUT2D eigenvalue weighted by atomic mass is 32.2. The summed E-state index contributed by atoms with van der Waals surface area (Å²) in [5, 5.41) is 0. The van der Waals surface area contributed by atoms with Gasteiger partial charge in [0.25, 0.3) is 0 Å². The molecule has 32 heavy (non-hydrogen) atoms. The lowest BCUT2D eigenvalue weighted by molar-refractivity contribution is -0.168. The second-order valence-corrected chi connectivity index (χ2v) is 14.9. The Balaban J connectivity index is 1.42. The van der Waals surface area contributed by atoms with Gasteiger partial charge in [-0.15, -0.1) is 23.5 Å². The third-order valence-corrected chi connectivity index (χ3v) is 13.7. The van der Waals surface area contributed by atoms with Gasteiger partial charge in [0.2, 0.25) is 0 Å². The number of esters is 2. The van der Waals surface area contributed by atoms with Gasteiger partial charge in [0.1, 0.15) is 12.2 Å². The van der Waals surface area contributed by atoms with E-state index in [1.165, 1.54) is 56.5 Å². The molecule has 1 aliphatic heterocycles. The highest BCUT2D eigenvalue weighted by Gasteiger charge is 2.64. The molecule has 0 aromatic carbocycles. The molecule has 0 bridgehead atoms. The highest BCUT2D eigenvalue weighted by Crippen LogP contribution is 2.70. The van der Waals surface area contributed by atoms with E-state index in [1.54, 1.807) is 13.8 Å². The predicted octanol–water partition coefficient (Wildman–Crippen LogP) is 6.07. The summed E-state index contributed by atoms with van der Waals surface area (Å²) >= 11 is 4.17. The third kappa shape index (κ3) is 3.65. The molecule has 0 aromatic heterocycles. The molecular formula is C26H40O4S2. The summed E-state index contributed by atoms with van der Waals surface area (Å²) in [4.78, 5) is 23.8. The van der Waals surface area contributed by atoms with Crippen molar-refractivity contribution >= 4 is 35.5 Å². The van der Waals surface area contributed by atoms with Gasteiger partial charge in [0.05, 0.1) is 4.08 Å². The van der Waals surface area contributed by atoms with Crippen LogP contribution in [-0.4, -0.2) is 39.7 Å². The Hall–Kier alpha value is -0.360. The van der Waals surface area contributed by atoms with Crippen LogP contribution in [0.1, 0.15) is 85.5 Å². The molecule has 180 valence electrons. The van der Waals surface area contributed by atoms with Crippen molar-refractivity contribution in [1.29, 1.82) is 0 Å². The van der Waals surface area contributed by atoms with Gasteiger partial charge in [0, 0.05) is 19.3 Å². The Kier molecular flexibility index (Phi) is 6.13. The number of hydrogen-bond acceptors (Lipinski definition) is 6. The standard InChI is InChI=1S/C26H40O4S2/c1-16(27)29-22-9-8-20-19-7-6-18-14-23(30-17(2)28)26(31-12-5-13-32-26)15-25(18,4)21(19)10-11-24(20,22)3/h18-23H,5-15H2,1-4H3. The van der Waals surface area contributed by atoms with Crippen molar-refractivity contribution in [2.75, 3.05) is 11.5 Å². The normalized spacial score (nSPS) is 47.1. The van der Waals surface area contributed by atoms with Crippen molar-refractivity contribution in [2.24, 2.45) is 34.5 Å². The Bertz CT molecular complexity index is 765. The van der Waals surface area contributed by atoms with Crippen molar-refractivity contribution in [2.45, 2.75) is 102 Å². The van der Waals surface area contributed by atoms with Crippen LogP contribution in [0.5, 0.6) is 0 Å². The number of carbonyl (C=O) groups excluding carboxylic acids is 2. The quantitative estimate of drug-likeness (QED) is 0.447. The SMILES string of the molecule is CC(=O)OC1CC2CCC3C(CCC4(C)C(OC(C)=O)CCC34)C2(C)CC12SCCCS2. The van der Waals surface area contributed by atoms with E-state index in [2.05, 4.69) is 37.4 Å². The first-order valence-corrected chi connectivity index (χ1v) is 14.8. The second kappa shape index (κ2) is 8.39. The Morgan fingerprint density at radius 3 is 2.16 bits per heavy atom. The molecule has 5 fully saturated rings. The maximum atomic E-state index is 12.0. The maximum absolute atomic E-state index is 12.0. The largest absolute Gasteiger partial charge is 0.462 e. The van der Waals surface area contributed by atoms with Gasteiger partial charge in [-0.1, -0.05) is 13.8 Å². The van der Waals surface area contributed by atoms with E-state index in [0.717, 1.165) is 24.7 Å². The summed E-state index contributed by atoms with van der Waals surface area (Å²) in [5.74, 6) is 4.95. The van der Waals surface area contributed by atoms with Crippen LogP contribution in [0.2, 0.25) is 0 Å². The number of thioether (sulfide) groups is 2. The lowest BCUT2D eigenvalue weighted by Gasteiger charge is -2.64. The molecule has 8 atom stereocenters. The summed E-state index contributed by atoms with van der Waals surface area (Å²) in [5.41, 5.74) is 0.467. The first-order chi connectivity index (χ1) is 15.2. The first-order valence-electron chi connectivity index (χ1n) is 12.8. The molecule has 1 spiro atoms. The van der Waals surface area contributed by atoms with E-state index in [4.69, 9.17) is 9.47 Å². The van der Waals surface area contributed by atoms with Gasteiger partial charge >= 0.3 is 11.9 Å². The molecule has 8 unspecified atom stereocenters. The van der Waals surface area contributed by atoms with Crippen LogP contribution in [0.15, 0.2) is 0 Å². The molecule has 6 heteroatoms. The van der Waals surface area contributed by atoms with E-state index < -0.39 is 0 Å². The fourth-order valence-corrected chi connectivity index (χ4v) is 12.6. The van der Waals surface area contributed by atoms with E-state index in [0.29, 0.717) is 17.3 Å². The zero-order valence-corrected chi connectivity index (χ0v) is 21.8. The van der Waals surface area contributed by atoms with Crippen molar-refractivity contribution in [3.63, 3.8) is 0 Å². The summed E-state index contributed by atoms with van der Waals surface area (Å²) in [6, 6.07) is 0. The fraction of sp³-hybridized carbons (Fsp3) is 0.923. The second-order valence-electron chi connectivity index (χ2n) is 11.7. The van der Waals surface area contributed by atoms with Crippen LogP contribution < -0.4 is 0 Å². The van der Waals surface area contributed by atoms with Gasteiger partial charge in [-0.25, -0.2) is 0 Å². The van der Waals surface area contributed by atoms with Gasteiger partial charge in [-0.05, 0) is 98.4 Å². The van der Waals surface area contributed by atoms with Crippen molar-refractivity contribution in [3.05, 3.63) is 0 Å². The first kappa shape index (κ1) is 23.4. The molecule has 0 N–H and O–H groups in total. The highest BCUT2D eigenvalue weighted by molar-refractivity contribution is 8.18. The van der Waals surface area contributed by atoms with Gasteiger partial charge in [-0.2, -0.15) is 0 Å². The predicted molar refractivity (Wildman–Crippen MR) is 130 cm³/mol. The molecule has 5 rings (SSSR count).